The highest BCUT2D eigenvalue weighted by atomic mass is 16.3. The van der Waals surface area contributed by atoms with Crippen molar-refractivity contribution in [1.29, 1.82) is 0 Å². The third kappa shape index (κ3) is 4.14. The molecule has 1 aromatic heterocycles. The Labute approximate surface area is 117 Å². The van der Waals surface area contributed by atoms with Crippen molar-refractivity contribution in [3.8, 4) is 0 Å². The van der Waals surface area contributed by atoms with E-state index in [1.54, 1.807) is 0 Å². The molecule has 2 heterocycles. The van der Waals surface area contributed by atoms with Gasteiger partial charge in [0.05, 0.1) is 6.10 Å². The van der Waals surface area contributed by atoms with Crippen molar-refractivity contribution in [2.75, 3.05) is 26.2 Å². The van der Waals surface area contributed by atoms with Crippen LogP contribution in [0.5, 0.6) is 0 Å². The molecule has 0 bridgehead atoms. The lowest BCUT2D eigenvalue weighted by Gasteiger charge is -2.29. The highest BCUT2D eigenvalue weighted by Gasteiger charge is 2.17. The average molecular weight is 280 g/mol. The van der Waals surface area contributed by atoms with Crippen molar-refractivity contribution >= 4 is 5.91 Å². The summed E-state index contributed by atoms with van der Waals surface area (Å²) in [4.78, 5) is 31.4. The van der Waals surface area contributed by atoms with Crippen LogP contribution in [0.15, 0.2) is 17.2 Å². The van der Waals surface area contributed by atoms with E-state index in [2.05, 4.69) is 20.2 Å². The summed E-state index contributed by atoms with van der Waals surface area (Å²) >= 11 is 0. The number of amides is 1. The van der Waals surface area contributed by atoms with Gasteiger partial charge in [-0.15, -0.1) is 0 Å². The van der Waals surface area contributed by atoms with Crippen LogP contribution < -0.4 is 10.9 Å². The van der Waals surface area contributed by atoms with E-state index in [0.29, 0.717) is 13.1 Å². The number of piperidine rings is 1. The zero-order chi connectivity index (χ0) is 14.4. The zero-order valence-electron chi connectivity index (χ0n) is 11.3. The summed E-state index contributed by atoms with van der Waals surface area (Å²) in [6, 6.07) is 0. The number of H-pyrrole nitrogens is 1. The molecule has 1 saturated heterocycles. The van der Waals surface area contributed by atoms with Gasteiger partial charge in [-0.05, 0) is 32.4 Å². The number of nitrogens with one attached hydrogen (secondary N) is 2. The molecule has 1 aliphatic rings. The van der Waals surface area contributed by atoms with Gasteiger partial charge >= 0.3 is 0 Å². The largest absolute Gasteiger partial charge is 0.392 e. The van der Waals surface area contributed by atoms with E-state index in [4.69, 9.17) is 0 Å². The van der Waals surface area contributed by atoms with Crippen LogP contribution in [0.1, 0.15) is 29.8 Å². The van der Waals surface area contributed by atoms with Crippen LogP contribution in [0, 0.1) is 0 Å². The van der Waals surface area contributed by atoms with Gasteiger partial charge in [0.2, 0.25) is 0 Å². The van der Waals surface area contributed by atoms with Gasteiger partial charge in [0.25, 0.3) is 11.5 Å². The number of aromatic amines is 1. The summed E-state index contributed by atoms with van der Waals surface area (Å²) in [5.74, 6) is -0.453. The standard InChI is InChI=1S/C13H20N4O3/c18-10-3-1-7-17(9-10)8-2-4-15-12(19)11-13(20)16-6-5-14-11/h5-6,10,18H,1-4,7-9H2,(H,15,19)(H,16,20). The minimum Gasteiger partial charge on any atom is -0.392 e. The second-order valence-corrected chi connectivity index (χ2v) is 4.97. The molecule has 0 radical (unpaired) electrons. The molecule has 0 saturated carbocycles. The van der Waals surface area contributed by atoms with E-state index in [9.17, 15) is 14.7 Å². The molecule has 20 heavy (non-hydrogen) atoms. The maximum atomic E-state index is 11.7. The number of rotatable bonds is 5. The van der Waals surface area contributed by atoms with Crippen molar-refractivity contribution in [1.82, 2.24) is 20.2 Å². The van der Waals surface area contributed by atoms with Gasteiger partial charge in [-0.25, -0.2) is 4.98 Å². The van der Waals surface area contributed by atoms with Gasteiger partial charge in [0.15, 0.2) is 5.69 Å². The second kappa shape index (κ2) is 7.16. The molecule has 7 nitrogen and oxygen atoms in total. The molecule has 1 fully saturated rings. The first-order chi connectivity index (χ1) is 9.66. The minimum absolute atomic E-state index is 0.110. The van der Waals surface area contributed by atoms with Crippen LogP contribution in [0.4, 0.5) is 0 Å². The lowest BCUT2D eigenvalue weighted by molar-refractivity contribution is 0.0697. The SMILES string of the molecule is O=C(NCCCN1CCCC(O)C1)c1ncc[nH]c1=O. The first-order valence-electron chi connectivity index (χ1n) is 6.89. The number of carbonyl (C=O) groups is 1. The summed E-state index contributed by atoms with van der Waals surface area (Å²) in [7, 11) is 0. The van der Waals surface area contributed by atoms with Crippen molar-refractivity contribution in [3.63, 3.8) is 0 Å². The van der Waals surface area contributed by atoms with E-state index in [1.807, 2.05) is 0 Å². The average Bonchev–Trinajstić information content (AvgIpc) is 2.44. The number of likely N-dealkylation sites (tertiary alicyclic amines) is 1. The Morgan fingerprint density at radius 2 is 2.45 bits per heavy atom. The van der Waals surface area contributed by atoms with E-state index < -0.39 is 11.5 Å². The molecule has 110 valence electrons. The number of carbonyl (C=O) groups excluding carboxylic acids is 1. The van der Waals surface area contributed by atoms with E-state index >= 15 is 0 Å². The van der Waals surface area contributed by atoms with Crippen LogP contribution in [0.3, 0.4) is 0 Å². The monoisotopic (exact) mass is 280 g/mol. The van der Waals surface area contributed by atoms with Crippen molar-refractivity contribution in [3.05, 3.63) is 28.4 Å². The molecule has 1 aliphatic heterocycles. The maximum Gasteiger partial charge on any atom is 0.279 e. The molecule has 2 rings (SSSR count). The molecule has 7 heteroatoms. The summed E-state index contributed by atoms with van der Waals surface area (Å²) in [6.45, 7) is 3.01. The van der Waals surface area contributed by atoms with Gasteiger partial charge in [-0.1, -0.05) is 0 Å². The second-order valence-electron chi connectivity index (χ2n) is 4.97. The van der Waals surface area contributed by atoms with Gasteiger partial charge in [0.1, 0.15) is 0 Å². The topological polar surface area (TPSA) is 98.3 Å². The molecule has 0 spiro atoms. The fourth-order valence-electron chi connectivity index (χ4n) is 2.34. The highest BCUT2D eigenvalue weighted by molar-refractivity contribution is 5.91. The summed E-state index contributed by atoms with van der Waals surface area (Å²) in [5, 5.41) is 12.2. The predicted octanol–water partition coefficient (Wildman–Crippen LogP) is -0.653. The number of β-amino-alcohol motifs (C(OH)–C–C–N with tert-alkyl or cyclic N) is 1. The molecule has 0 aliphatic carbocycles. The third-order valence-corrected chi connectivity index (χ3v) is 3.34. The minimum atomic E-state index is -0.482. The van der Waals surface area contributed by atoms with Crippen molar-refractivity contribution in [2.24, 2.45) is 0 Å². The summed E-state index contributed by atoms with van der Waals surface area (Å²) in [5.41, 5.74) is -0.593. The summed E-state index contributed by atoms with van der Waals surface area (Å²) in [6.07, 6.45) is 5.20. The van der Waals surface area contributed by atoms with Gasteiger partial charge < -0.3 is 20.3 Å². The Kier molecular flexibility index (Phi) is 5.25. The maximum absolute atomic E-state index is 11.7. The number of aromatic nitrogens is 2. The number of hydrogen-bond acceptors (Lipinski definition) is 5. The Morgan fingerprint density at radius 3 is 3.20 bits per heavy atom. The van der Waals surface area contributed by atoms with Gasteiger partial charge in [0, 0.05) is 25.5 Å². The first-order valence-corrected chi connectivity index (χ1v) is 6.89. The van der Waals surface area contributed by atoms with Crippen LogP contribution in [0.2, 0.25) is 0 Å². The lowest BCUT2D eigenvalue weighted by Crippen LogP contribution is -2.40. The lowest BCUT2D eigenvalue weighted by atomic mass is 10.1. The Hall–Kier alpha value is -1.73. The van der Waals surface area contributed by atoms with Gasteiger partial charge in [-0.2, -0.15) is 0 Å². The molecular formula is C13H20N4O3. The third-order valence-electron chi connectivity index (χ3n) is 3.34. The summed E-state index contributed by atoms with van der Waals surface area (Å²) < 4.78 is 0. The fraction of sp³-hybridized carbons (Fsp3) is 0.615. The van der Waals surface area contributed by atoms with Crippen molar-refractivity contribution in [2.45, 2.75) is 25.4 Å². The van der Waals surface area contributed by atoms with E-state index in [0.717, 1.165) is 32.4 Å². The quantitative estimate of drug-likeness (QED) is 0.622. The normalized spacial score (nSPS) is 19.8. The van der Waals surface area contributed by atoms with Crippen LogP contribution in [0.25, 0.3) is 0 Å². The Morgan fingerprint density at radius 1 is 1.60 bits per heavy atom. The molecule has 1 atom stereocenters. The Bertz CT molecular complexity index is 502. The van der Waals surface area contributed by atoms with Gasteiger partial charge in [-0.3, -0.25) is 9.59 Å². The Balaban J connectivity index is 1.70. The van der Waals surface area contributed by atoms with E-state index in [1.165, 1.54) is 12.4 Å². The highest BCUT2D eigenvalue weighted by Crippen LogP contribution is 2.09. The molecular weight excluding hydrogens is 260 g/mol. The first kappa shape index (κ1) is 14.7. The fourth-order valence-corrected chi connectivity index (χ4v) is 2.34. The smallest absolute Gasteiger partial charge is 0.279 e. The van der Waals surface area contributed by atoms with Crippen molar-refractivity contribution < 1.29 is 9.90 Å². The molecule has 1 amide bonds. The van der Waals surface area contributed by atoms with Crippen LogP contribution in [-0.2, 0) is 0 Å². The van der Waals surface area contributed by atoms with E-state index in [-0.39, 0.29) is 11.8 Å². The molecule has 3 N–H and O–H groups in total. The number of aliphatic hydroxyl groups excluding tert-OH is 1. The number of hydrogen-bond donors (Lipinski definition) is 3. The zero-order valence-corrected chi connectivity index (χ0v) is 11.3. The van der Waals surface area contributed by atoms with Crippen LogP contribution >= 0.6 is 0 Å². The van der Waals surface area contributed by atoms with Crippen LogP contribution in [-0.4, -0.2) is 58.2 Å². The number of aliphatic hydroxyl groups is 1. The predicted molar refractivity (Wildman–Crippen MR) is 73.5 cm³/mol. The number of nitrogens with zero attached hydrogens (tertiary/aromatic N) is 2. The molecule has 1 unspecified atom stereocenters. The molecule has 0 aromatic carbocycles. The molecule has 1 aromatic rings.